The van der Waals surface area contributed by atoms with Crippen LogP contribution in [0.15, 0.2) is 18.2 Å². The molecular weight excluding hydrogens is 240 g/mol. The molecule has 0 bridgehead atoms. The summed E-state index contributed by atoms with van der Waals surface area (Å²) in [6, 6.07) is 6.72. The van der Waals surface area contributed by atoms with E-state index in [4.69, 9.17) is 11.6 Å². The van der Waals surface area contributed by atoms with E-state index in [0.717, 1.165) is 12.3 Å². The van der Waals surface area contributed by atoms with Gasteiger partial charge in [0.1, 0.15) is 0 Å². The number of hydrogen-bond donors (Lipinski definition) is 0. The SMILES string of the molecule is Cc1ccc(C)c(CC(Cl)C2CCCCCC2)c1. The predicted octanol–water partition coefficient (Wildman–Crippen LogP) is 5.42. The zero-order valence-corrected chi connectivity index (χ0v) is 12.5. The summed E-state index contributed by atoms with van der Waals surface area (Å²) in [7, 11) is 0. The van der Waals surface area contributed by atoms with Gasteiger partial charge in [0.2, 0.25) is 0 Å². The molecule has 0 aliphatic heterocycles. The minimum absolute atomic E-state index is 0.323. The van der Waals surface area contributed by atoms with E-state index in [2.05, 4.69) is 32.0 Å². The second kappa shape index (κ2) is 6.61. The zero-order chi connectivity index (χ0) is 13.0. The van der Waals surface area contributed by atoms with Crippen LogP contribution in [0.5, 0.6) is 0 Å². The number of benzene rings is 1. The summed E-state index contributed by atoms with van der Waals surface area (Å²) in [5.74, 6) is 0.731. The molecule has 1 unspecified atom stereocenters. The molecule has 0 spiro atoms. The minimum Gasteiger partial charge on any atom is -0.122 e. The van der Waals surface area contributed by atoms with Gasteiger partial charge in [-0.15, -0.1) is 11.6 Å². The molecule has 0 aromatic heterocycles. The molecule has 0 saturated heterocycles. The van der Waals surface area contributed by atoms with E-state index in [-0.39, 0.29) is 0 Å². The summed E-state index contributed by atoms with van der Waals surface area (Å²) in [5, 5.41) is 0.323. The highest BCUT2D eigenvalue weighted by atomic mass is 35.5. The number of halogens is 1. The average Bonchev–Trinajstić information content (AvgIpc) is 2.62. The van der Waals surface area contributed by atoms with Crippen LogP contribution >= 0.6 is 11.6 Å². The Bertz CT molecular complexity index is 375. The third-order valence-corrected chi connectivity index (χ3v) is 4.84. The molecule has 100 valence electrons. The third-order valence-electron chi connectivity index (χ3n) is 4.33. The highest BCUT2D eigenvalue weighted by Crippen LogP contribution is 2.30. The van der Waals surface area contributed by atoms with Gasteiger partial charge < -0.3 is 0 Å². The Morgan fingerprint density at radius 1 is 1.11 bits per heavy atom. The molecule has 0 amide bonds. The lowest BCUT2D eigenvalue weighted by Gasteiger charge is -2.21. The van der Waals surface area contributed by atoms with Gasteiger partial charge in [0, 0.05) is 5.38 Å². The lowest BCUT2D eigenvalue weighted by Crippen LogP contribution is -2.17. The van der Waals surface area contributed by atoms with Gasteiger partial charge in [0.25, 0.3) is 0 Å². The van der Waals surface area contributed by atoms with Gasteiger partial charge >= 0.3 is 0 Å². The van der Waals surface area contributed by atoms with Gasteiger partial charge in [-0.2, -0.15) is 0 Å². The Morgan fingerprint density at radius 3 is 2.44 bits per heavy atom. The van der Waals surface area contributed by atoms with Crippen LogP contribution in [0, 0.1) is 19.8 Å². The molecule has 0 radical (unpaired) electrons. The molecule has 2 rings (SSSR count). The molecule has 1 fully saturated rings. The maximum atomic E-state index is 6.69. The lowest BCUT2D eigenvalue weighted by molar-refractivity contribution is 0.435. The Labute approximate surface area is 117 Å². The summed E-state index contributed by atoms with van der Waals surface area (Å²) >= 11 is 6.69. The highest BCUT2D eigenvalue weighted by molar-refractivity contribution is 6.20. The van der Waals surface area contributed by atoms with Crippen LogP contribution in [0.1, 0.15) is 55.2 Å². The Morgan fingerprint density at radius 2 is 1.78 bits per heavy atom. The van der Waals surface area contributed by atoms with Gasteiger partial charge in [-0.05, 0) is 50.2 Å². The third kappa shape index (κ3) is 3.75. The minimum atomic E-state index is 0.323. The molecule has 1 aliphatic rings. The van der Waals surface area contributed by atoms with Crippen molar-refractivity contribution in [2.45, 2.75) is 64.2 Å². The number of aryl methyl sites for hydroxylation is 2. The summed E-state index contributed by atoms with van der Waals surface area (Å²) in [4.78, 5) is 0. The molecule has 1 aromatic carbocycles. The first kappa shape index (κ1) is 13.9. The summed E-state index contributed by atoms with van der Waals surface area (Å²) in [6.45, 7) is 4.36. The monoisotopic (exact) mass is 264 g/mol. The van der Waals surface area contributed by atoms with Crippen molar-refractivity contribution < 1.29 is 0 Å². The highest BCUT2D eigenvalue weighted by Gasteiger charge is 2.21. The van der Waals surface area contributed by atoms with Crippen molar-refractivity contribution in [3.8, 4) is 0 Å². The second-order valence-electron chi connectivity index (χ2n) is 5.90. The molecule has 0 N–H and O–H groups in total. The Hall–Kier alpha value is -0.490. The fraction of sp³-hybridized carbons (Fsp3) is 0.647. The van der Waals surface area contributed by atoms with E-state index in [1.54, 1.807) is 0 Å². The zero-order valence-electron chi connectivity index (χ0n) is 11.7. The molecular formula is C17H25Cl. The molecule has 18 heavy (non-hydrogen) atoms. The molecule has 1 saturated carbocycles. The van der Waals surface area contributed by atoms with E-state index in [1.807, 2.05) is 0 Å². The first-order chi connectivity index (χ1) is 8.66. The van der Waals surface area contributed by atoms with Crippen LogP contribution in [-0.2, 0) is 6.42 Å². The van der Waals surface area contributed by atoms with Crippen molar-refractivity contribution in [2.75, 3.05) is 0 Å². The smallest absolute Gasteiger partial charge is 0.0404 e. The van der Waals surface area contributed by atoms with Gasteiger partial charge in [0.15, 0.2) is 0 Å². The summed E-state index contributed by atoms with van der Waals surface area (Å²) in [5.41, 5.74) is 4.18. The average molecular weight is 265 g/mol. The van der Waals surface area contributed by atoms with E-state index in [0.29, 0.717) is 5.38 Å². The van der Waals surface area contributed by atoms with E-state index in [9.17, 15) is 0 Å². The van der Waals surface area contributed by atoms with Crippen LogP contribution < -0.4 is 0 Å². The fourth-order valence-electron chi connectivity index (χ4n) is 3.07. The standard InChI is InChI=1S/C17H25Cl/c1-13-9-10-14(2)16(11-13)12-17(18)15-7-5-3-4-6-8-15/h9-11,15,17H,3-8,12H2,1-2H3. The molecule has 1 atom stereocenters. The van der Waals surface area contributed by atoms with Gasteiger partial charge in [-0.1, -0.05) is 49.4 Å². The van der Waals surface area contributed by atoms with Crippen molar-refractivity contribution in [2.24, 2.45) is 5.92 Å². The first-order valence-electron chi connectivity index (χ1n) is 7.37. The maximum absolute atomic E-state index is 6.69. The van der Waals surface area contributed by atoms with Crippen molar-refractivity contribution in [1.82, 2.24) is 0 Å². The van der Waals surface area contributed by atoms with Crippen molar-refractivity contribution >= 4 is 11.6 Å². The quantitative estimate of drug-likeness (QED) is 0.505. The van der Waals surface area contributed by atoms with Crippen molar-refractivity contribution in [3.05, 3.63) is 34.9 Å². The van der Waals surface area contributed by atoms with Crippen LogP contribution in [0.2, 0.25) is 0 Å². The van der Waals surface area contributed by atoms with Crippen LogP contribution in [-0.4, -0.2) is 5.38 Å². The van der Waals surface area contributed by atoms with Gasteiger partial charge in [-0.3, -0.25) is 0 Å². The topological polar surface area (TPSA) is 0 Å². The van der Waals surface area contributed by atoms with Crippen LogP contribution in [0.3, 0.4) is 0 Å². The predicted molar refractivity (Wildman–Crippen MR) is 80.5 cm³/mol. The van der Waals surface area contributed by atoms with Gasteiger partial charge in [-0.25, -0.2) is 0 Å². The summed E-state index contributed by atoms with van der Waals surface area (Å²) < 4.78 is 0. The van der Waals surface area contributed by atoms with Gasteiger partial charge in [0.05, 0.1) is 0 Å². The fourth-order valence-corrected chi connectivity index (χ4v) is 3.49. The first-order valence-corrected chi connectivity index (χ1v) is 7.80. The van der Waals surface area contributed by atoms with E-state index in [1.165, 1.54) is 55.2 Å². The number of alkyl halides is 1. The molecule has 1 aromatic rings. The lowest BCUT2D eigenvalue weighted by atomic mass is 9.90. The summed E-state index contributed by atoms with van der Waals surface area (Å²) in [6.07, 6.45) is 9.27. The van der Waals surface area contributed by atoms with Crippen LogP contribution in [0.4, 0.5) is 0 Å². The van der Waals surface area contributed by atoms with Crippen molar-refractivity contribution in [3.63, 3.8) is 0 Å². The molecule has 1 heteroatoms. The molecule has 1 aliphatic carbocycles. The van der Waals surface area contributed by atoms with E-state index < -0.39 is 0 Å². The number of rotatable bonds is 3. The van der Waals surface area contributed by atoms with Crippen molar-refractivity contribution in [1.29, 1.82) is 0 Å². The molecule has 0 heterocycles. The molecule has 0 nitrogen and oxygen atoms in total. The maximum Gasteiger partial charge on any atom is 0.0404 e. The Balaban J connectivity index is 2.00. The normalized spacial score (nSPS) is 19.5. The van der Waals surface area contributed by atoms with E-state index >= 15 is 0 Å². The number of hydrogen-bond acceptors (Lipinski definition) is 0. The second-order valence-corrected chi connectivity index (χ2v) is 6.46. The largest absolute Gasteiger partial charge is 0.122 e. The van der Waals surface area contributed by atoms with Crippen LogP contribution in [0.25, 0.3) is 0 Å². The Kier molecular flexibility index (Phi) is 5.12.